The van der Waals surface area contributed by atoms with Gasteiger partial charge in [-0.2, -0.15) is 0 Å². The van der Waals surface area contributed by atoms with Crippen LogP contribution in [0.3, 0.4) is 0 Å². The molecule has 0 N–H and O–H groups in total. The smallest absolute Gasteiger partial charge is 0.164 e. The minimum Gasteiger partial charge on any atom is -0.344 e. The molecule has 0 unspecified atom stereocenters. The van der Waals surface area contributed by atoms with Crippen molar-refractivity contribution in [1.82, 2.24) is 4.57 Å². The van der Waals surface area contributed by atoms with Crippen molar-refractivity contribution in [2.75, 3.05) is 0 Å². The van der Waals surface area contributed by atoms with Crippen LogP contribution in [-0.4, -0.2) is 10.4 Å². The van der Waals surface area contributed by atoms with E-state index in [1.54, 1.807) is 12.1 Å². The monoisotopic (exact) mass is 257 g/mol. The lowest BCUT2D eigenvalue weighted by Crippen LogP contribution is -2.14. The molecule has 1 aromatic carbocycles. The standard InChI is InChI=1S/C16H16FNO/c1-11-9-13-15(7-4-8-16(13)19)18(11)10-12-5-2-3-6-14(12)17/h2-3,5-6,9H,4,7-8,10H2,1H3. The number of Topliss-reactive ketones (excluding diaryl/α,β-unsaturated/α-hetero) is 1. The van der Waals surface area contributed by atoms with Gasteiger partial charge >= 0.3 is 0 Å². The zero-order chi connectivity index (χ0) is 13.4. The molecule has 0 fully saturated rings. The van der Waals surface area contributed by atoms with Crippen LogP contribution in [0, 0.1) is 12.7 Å². The Labute approximate surface area is 111 Å². The van der Waals surface area contributed by atoms with Crippen LogP contribution >= 0.6 is 0 Å². The van der Waals surface area contributed by atoms with Crippen molar-refractivity contribution in [3.8, 4) is 0 Å². The first-order chi connectivity index (χ1) is 9.16. The fraction of sp³-hybridized carbons (Fsp3) is 0.312. The molecule has 0 spiro atoms. The van der Waals surface area contributed by atoms with Gasteiger partial charge in [-0.1, -0.05) is 18.2 Å². The average Bonchev–Trinajstić information content (AvgIpc) is 2.71. The Balaban J connectivity index is 2.02. The van der Waals surface area contributed by atoms with Crippen LogP contribution in [0.15, 0.2) is 30.3 Å². The van der Waals surface area contributed by atoms with Crippen molar-refractivity contribution in [3.05, 3.63) is 58.7 Å². The number of nitrogens with zero attached hydrogens (tertiary/aromatic N) is 1. The van der Waals surface area contributed by atoms with Crippen LogP contribution in [0.4, 0.5) is 4.39 Å². The summed E-state index contributed by atoms with van der Waals surface area (Å²) < 4.78 is 15.8. The Hall–Kier alpha value is -1.90. The fourth-order valence-electron chi connectivity index (χ4n) is 2.81. The summed E-state index contributed by atoms with van der Waals surface area (Å²) in [4.78, 5) is 11.9. The molecule has 0 bridgehead atoms. The number of benzene rings is 1. The summed E-state index contributed by atoms with van der Waals surface area (Å²) in [7, 11) is 0. The number of ketones is 1. The Morgan fingerprint density at radius 1 is 1.26 bits per heavy atom. The summed E-state index contributed by atoms with van der Waals surface area (Å²) in [5, 5.41) is 0. The van der Waals surface area contributed by atoms with E-state index in [2.05, 4.69) is 4.57 Å². The molecular weight excluding hydrogens is 241 g/mol. The van der Waals surface area contributed by atoms with Gasteiger partial charge in [0, 0.05) is 28.9 Å². The quantitative estimate of drug-likeness (QED) is 0.807. The highest BCUT2D eigenvalue weighted by Gasteiger charge is 2.22. The molecular formula is C16H16FNO. The maximum absolute atomic E-state index is 13.7. The molecule has 2 aromatic rings. The third kappa shape index (κ3) is 2.09. The molecule has 0 amide bonds. The lowest BCUT2D eigenvalue weighted by molar-refractivity contribution is 0.0972. The first kappa shape index (κ1) is 12.2. The highest BCUT2D eigenvalue weighted by molar-refractivity contribution is 5.98. The Bertz CT molecular complexity index is 642. The SMILES string of the molecule is Cc1cc2c(n1Cc1ccccc1F)CCCC2=O. The van der Waals surface area contributed by atoms with Gasteiger partial charge in [0.15, 0.2) is 5.78 Å². The maximum Gasteiger partial charge on any atom is 0.164 e. The highest BCUT2D eigenvalue weighted by Crippen LogP contribution is 2.26. The van der Waals surface area contributed by atoms with E-state index in [0.29, 0.717) is 18.5 Å². The van der Waals surface area contributed by atoms with Gasteiger partial charge in [-0.15, -0.1) is 0 Å². The molecule has 0 aliphatic heterocycles. The molecule has 1 aliphatic rings. The number of hydrogen-bond donors (Lipinski definition) is 0. The van der Waals surface area contributed by atoms with Gasteiger partial charge in [0.05, 0.1) is 6.54 Å². The number of carbonyl (C=O) groups is 1. The van der Waals surface area contributed by atoms with Crippen molar-refractivity contribution in [3.63, 3.8) is 0 Å². The number of fused-ring (bicyclic) bond motifs is 1. The highest BCUT2D eigenvalue weighted by atomic mass is 19.1. The molecule has 1 aromatic heterocycles. The van der Waals surface area contributed by atoms with E-state index >= 15 is 0 Å². The number of hydrogen-bond acceptors (Lipinski definition) is 1. The van der Waals surface area contributed by atoms with E-state index in [1.165, 1.54) is 6.07 Å². The number of carbonyl (C=O) groups excluding carboxylic acids is 1. The summed E-state index contributed by atoms with van der Waals surface area (Å²) in [5.41, 5.74) is 3.60. The molecule has 1 heterocycles. The topological polar surface area (TPSA) is 22.0 Å². The zero-order valence-corrected chi connectivity index (χ0v) is 10.9. The van der Waals surface area contributed by atoms with Crippen LogP contribution < -0.4 is 0 Å². The van der Waals surface area contributed by atoms with Crippen LogP contribution in [0.2, 0.25) is 0 Å². The fourth-order valence-corrected chi connectivity index (χ4v) is 2.81. The van der Waals surface area contributed by atoms with Gasteiger partial charge in [-0.05, 0) is 31.9 Å². The Morgan fingerprint density at radius 3 is 2.84 bits per heavy atom. The van der Waals surface area contributed by atoms with E-state index in [0.717, 1.165) is 29.8 Å². The molecule has 98 valence electrons. The van der Waals surface area contributed by atoms with Gasteiger partial charge in [0.1, 0.15) is 5.82 Å². The summed E-state index contributed by atoms with van der Waals surface area (Å²) in [6.07, 6.45) is 2.44. The van der Waals surface area contributed by atoms with Crippen molar-refractivity contribution in [1.29, 1.82) is 0 Å². The lowest BCUT2D eigenvalue weighted by Gasteiger charge is -2.16. The lowest BCUT2D eigenvalue weighted by atomic mass is 9.96. The van der Waals surface area contributed by atoms with Gasteiger partial charge in [-0.25, -0.2) is 4.39 Å². The van der Waals surface area contributed by atoms with Crippen LogP contribution in [0.5, 0.6) is 0 Å². The van der Waals surface area contributed by atoms with Crippen molar-refractivity contribution < 1.29 is 9.18 Å². The van der Waals surface area contributed by atoms with Gasteiger partial charge < -0.3 is 4.57 Å². The van der Waals surface area contributed by atoms with Gasteiger partial charge in [0.25, 0.3) is 0 Å². The Morgan fingerprint density at radius 2 is 2.05 bits per heavy atom. The first-order valence-electron chi connectivity index (χ1n) is 6.62. The van der Waals surface area contributed by atoms with Crippen molar-refractivity contribution in [2.45, 2.75) is 32.7 Å². The van der Waals surface area contributed by atoms with Crippen molar-refractivity contribution >= 4 is 5.78 Å². The first-order valence-corrected chi connectivity index (χ1v) is 6.62. The summed E-state index contributed by atoms with van der Waals surface area (Å²) in [5.74, 6) is 0.0307. The van der Waals surface area contributed by atoms with Gasteiger partial charge in [-0.3, -0.25) is 4.79 Å². The van der Waals surface area contributed by atoms with E-state index in [4.69, 9.17) is 0 Å². The van der Waals surface area contributed by atoms with E-state index < -0.39 is 0 Å². The molecule has 1 aliphatic carbocycles. The second kappa shape index (κ2) is 4.65. The van der Waals surface area contributed by atoms with Crippen LogP contribution in [0.25, 0.3) is 0 Å². The number of halogens is 1. The molecule has 2 nitrogen and oxygen atoms in total. The normalized spacial score (nSPS) is 14.5. The molecule has 3 rings (SSSR count). The van der Waals surface area contributed by atoms with Crippen molar-refractivity contribution in [2.24, 2.45) is 0 Å². The minimum atomic E-state index is -0.188. The molecule has 19 heavy (non-hydrogen) atoms. The number of rotatable bonds is 2. The molecule has 0 atom stereocenters. The second-order valence-electron chi connectivity index (χ2n) is 5.10. The second-order valence-corrected chi connectivity index (χ2v) is 5.10. The summed E-state index contributed by atoms with van der Waals surface area (Å²) in [6.45, 7) is 2.48. The van der Waals surface area contributed by atoms with E-state index in [1.807, 2.05) is 19.1 Å². The predicted molar refractivity (Wildman–Crippen MR) is 71.9 cm³/mol. The van der Waals surface area contributed by atoms with E-state index in [9.17, 15) is 9.18 Å². The van der Waals surface area contributed by atoms with E-state index in [-0.39, 0.29) is 11.6 Å². The Kier molecular flexibility index (Phi) is 2.97. The third-order valence-corrected chi connectivity index (χ3v) is 3.82. The number of aromatic nitrogens is 1. The predicted octanol–water partition coefficient (Wildman–Crippen LogP) is 3.50. The third-order valence-electron chi connectivity index (χ3n) is 3.82. The summed E-state index contributed by atoms with van der Waals surface area (Å²) in [6, 6.07) is 8.75. The molecule has 3 heteroatoms. The average molecular weight is 257 g/mol. The minimum absolute atomic E-state index is 0.188. The summed E-state index contributed by atoms with van der Waals surface area (Å²) >= 11 is 0. The molecule has 0 saturated carbocycles. The van der Waals surface area contributed by atoms with Gasteiger partial charge in [0.2, 0.25) is 0 Å². The zero-order valence-electron chi connectivity index (χ0n) is 10.9. The molecule has 0 saturated heterocycles. The largest absolute Gasteiger partial charge is 0.344 e. The maximum atomic E-state index is 13.7. The number of aryl methyl sites for hydroxylation is 1. The molecule has 0 radical (unpaired) electrons. The van der Waals surface area contributed by atoms with Crippen LogP contribution in [0.1, 0.15) is 40.2 Å². The van der Waals surface area contributed by atoms with Crippen LogP contribution in [-0.2, 0) is 13.0 Å².